The number of fused-ring (bicyclic) bond motifs is 1. The number of nitrogens with zero attached hydrogens (tertiary/aromatic N) is 2. The SMILES string of the molecule is CC1CN2CCCCC2CN1C(=O)C1(C(N)=S)CCCC1. The maximum absolute atomic E-state index is 13.2. The number of piperazine rings is 1. The second kappa shape index (κ2) is 5.84. The predicted molar refractivity (Wildman–Crippen MR) is 88.1 cm³/mol. The van der Waals surface area contributed by atoms with Crippen molar-refractivity contribution in [1.29, 1.82) is 0 Å². The first kappa shape index (κ1) is 15.2. The summed E-state index contributed by atoms with van der Waals surface area (Å²) >= 11 is 5.29. The Hall–Kier alpha value is -0.680. The van der Waals surface area contributed by atoms with Gasteiger partial charge in [0, 0.05) is 25.2 Å². The lowest BCUT2D eigenvalue weighted by molar-refractivity contribution is -0.145. The third-order valence-electron chi connectivity index (χ3n) is 5.79. The molecular weight excluding hydrogens is 282 g/mol. The molecule has 2 heterocycles. The Kier molecular flexibility index (Phi) is 4.23. The van der Waals surface area contributed by atoms with E-state index in [9.17, 15) is 4.79 Å². The molecule has 2 unspecified atom stereocenters. The molecule has 3 aliphatic rings. The van der Waals surface area contributed by atoms with Crippen LogP contribution in [-0.4, -0.2) is 52.4 Å². The van der Waals surface area contributed by atoms with Crippen LogP contribution in [0.2, 0.25) is 0 Å². The number of amides is 1. The summed E-state index contributed by atoms with van der Waals surface area (Å²) < 4.78 is 0. The minimum Gasteiger partial charge on any atom is -0.392 e. The van der Waals surface area contributed by atoms with Gasteiger partial charge in [0.1, 0.15) is 0 Å². The second-order valence-electron chi connectivity index (χ2n) is 7.10. The molecule has 0 spiro atoms. The maximum atomic E-state index is 13.2. The Morgan fingerprint density at radius 2 is 1.90 bits per heavy atom. The molecule has 2 N–H and O–H groups in total. The van der Waals surface area contributed by atoms with Gasteiger partial charge in [0.15, 0.2) is 0 Å². The molecule has 3 fully saturated rings. The summed E-state index contributed by atoms with van der Waals surface area (Å²) in [4.78, 5) is 18.3. The molecular formula is C16H27N3OS. The molecule has 0 aromatic carbocycles. The minimum absolute atomic E-state index is 0.213. The number of hydrogen-bond acceptors (Lipinski definition) is 3. The maximum Gasteiger partial charge on any atom is 0.235 e. The Bertz CT molecular complexity index is 433. The first-order chi connectivity index (χ1) is 10.0. The molecule has 4 nitrogen and oxygen atoms in total. The Morgan fingerprint density at radius 1 is 1.19 bits per heavy atom. The molecule has 0 radical (unpaired) electrons. The molecule has 0 aromatic heterocycles. The standard InChI is InChI=1S/C16H27N3OS/c1-12-10-18-9-5-2-6-13(18)11-19(12)15(20)16(14(17)21)7-3-4-8-16/h12-13H,2-11H2,1H3,(H2,17,21). The number of carbonyl (C=O) groups excluding carboxylic acids is 1. The Balaban J connectivity index is 1.78. The van der Waals surface area contributed by atoms with Crippen LogP contribution >= 0.6 is 12.2 Å². The number of thiocarbonyl (C=S) groups is 1. The fourth-order valence-corrected chi connectivity index (χ4v) is 4.75. The van der Waals surface area contributed by atoms with Crippen LogP contribution in [0.25, 0.3) is 0 Å². The molecule has 21 heavy (non-hydrogen) atoms. The zero-order valence-electron chi connectivity index (χ0n) is 13.0. The highest BCUT2D eigenvalue weighted by Gasteiger charge is 2.48. The van der Waals surface area contributed by atoms with Crippen molar-refractivity contribution in [2.24, 2.45) is 11.1 Å². The van der Waals surface area contributed by atoms with Crippen LogP contribution in [0.4, 0.5) is 0 Å². The summed E-state index contributed by atoms with van der Waals surface area (Å²) in [6.07, 6.45) is 7.64. The van der Waals surface area contributed by atoms with E-state index in [0.29, 0.717) is 11.0 Å². The van der Waals surface area contributed by atoms with Gasteiger partial charge in [-0.05, 0) is 39.2 Å². The van der Waals surface area contributed by atoms with Crippen molar-refractivity contribution >= 4 is 23.1 Å². The molecule has 2 saturated heterocycles. The quantitative estimate of drug-likeness (QED) is 0.792. The van der Waals surface area contributed by atoms with Crippen LogP contribution in [0.1, 0.15) is 51.9 Å². The highest BCUT2D eigenvalue weighted by atomic mass is 32.1. The molecule has 0 bridgehead atoms. The fraction of sp³-hybridized carbons (Fsp3) is 0.875. The number of hydrogen-bond donors (Lipinski definition) is 1. The average molecular weight is 309 g/mol. The monoisotopic (exact) mass is 309 g/mol. The third-order valence-corrected chi connectivity index (χ3v) is 6.18. The van der Waals surface area contributed by atoms with E-state index in [1.54, 1.807) is 0 Å². The van der Waals surface area contributed by atoms with Gasteiger partial charge in [-0.2, -0.15) is 0 Å². The Morgan fingerprint density at radius 3 is 2.57 bits per heavy atom. The van der Waals surface area contributed by atoms with E-state index in [0.717, 1.165) is 38.8 Å². The van der Waals surface area contributed by atoms with E-state index in [4.69, 9.17) is 18.0 Å². The van der Waals surface area contributed by atoms with Gasteiger partial charge >= 0.3 is 0 Å². The first-order valence-electron chi connectivity index (χ1n) is 8.39. The first-order valence-corrected chi connectivity index (χ1v) is 8.80. The summed E-state index contributed by atoms with van der Waals surface area (Å²) in [7, 11) is 0. The van der Waals surface area contributed by atoms with Crippen molar-refractivity contribution in [3.8, 4) is 0 Å². The smallest absolute Gasteiger partial charge is 0.235 e. The lowest BCUT2D eigenvalue weighted by atomic mass is 9.83. The van der Waals surface area contributed by atoms with Crippen LogP contribution in [0.3, 0.4) is 0 Å². The molecule has 1 saturated carbocycles. The lowest BCUT2D eigenvalue weighted by Crippen LogP contribution is -2.63. The van der Waals surface area contributed by atoms with Gasteiger partial charge in [0.2, 0.25) is 5.91 Å². The van der Waals surface area contributed by atoms with Crippen LogP contribution in [-0.2, 0) is 4.79 Å². The van der Waals surface area contributed by atoms with Gasteiger partial charge in [-0.25, -0.2) is 0 Å². The molecule has 2 aliphatic heterocycles. The van der Waals surface area contributed by atoms with Gasteiger partial charge in [0.25, 0.3) is 0 Å². The molecule has 0 aromatic rings. The zero-order chi connectivity index (χ0) is 15.0. The van der Waals surface area contributed by atoms with Crippen molar-refractivity contribution in [2.45, 2.75) is 64.0 Å². The summed E-state index contributed by atoms with van der Waals surface area (Å²) in [5.41, 5.74) is 5.45. The molecule has 1 amide bonds. The van der Waals surface area contributed by atoms with Crippen molar-refractivity contribution < 1.29 is 4.79 Å². The van der Waals surface area contributed by atoms with E-state index in [-0.39, 0.29) is 11.9 Å². The second-order valence-corrected chi connectivity index (χ2v) is 7.54. The largest absolute Gasteiger partial charge is 0.392 e. The highest BCUT2D eigenvalue weighted by molar-refractivity contribution is 7.80. The van der Waals surface area contributed by atoms with Crippen LogP contribution in [0.15, 0.2) is 0 Å². The lowest BCUT2D eigenvalue weighted by Gasteiger charge is -2.49. The summed E-state index contributed by atoms with van der Waals surface area (Å²) in [5.74, 6) is 0.213. The van der Waals surface area contributed by atoms with Gasteiger partial charge in [-0.3, -0.25) is 9.69 Å². The zero-order valence-corrected chi connectivity index (χ0v) is 13.8. The summed E-state index contributed by atoms with van der Waals surface area (Å²) in [6.45, 7) is 5.23. The van der Waals surface area contributed by atoms with E-state index in [2.05, 4.69) is 16.7 Å². The van der Waals surface area contributed by atoms with Crippen LogP contribution in [0.5, 0.6) is 0 Å². The van der Waals surface area contributed by atoms with E-state index < -0.39 is 5.41 Å². The van der Waals surface area contributed by atoms with E-state index in [1.165, 1.54) is 25.8 Å². The summed E-state index contributed by atoms with van der Waals surface area (Å²) in [6, 6.07) is 0.822. The van der Waals surface area contributed by atoms with Gasteiger partial charge in [-0.15, -0.1) is 0 Å². The molecule has 2 atom stereocenters. The highest BCUT2D eigenvalue weighted by Crippen LogP contribution is 2.41. The van der Waals surface area contributed by atoms with Crippen molar-refractivity contribution in [2.75, 3.05) is 19.6 Å². The van der Waals surface area contributed by atoms with Crippen molar-refractivity contribution in [1.82, 2.24) is 9.80 Å². The van der Waals surface area contributed by atoms with Gasteiger partial charge in [0.05, 0.1) is 10.4 Å². The molecule has 118 valence electrons. The minimum atomic E-state index is -0.541. The predicted octanol–water partition coefficient (Wildman–Crippen LogP) is 1.92. The van der Waals surface area contributed by atoms with Gasteiger partial charge in [-0.1, -0.05) is 31.5 Å². The summed E-state index contributed by atoms with van der Waals surface area (Å²) in [5, 5.41) is 0. The fourth-order valence-electron chi connectivity index (χ4n) is 4.45. The van der Waals surface area contributed by atoms with Crippen molar-refractivity contribution in [3.63, 3.8) is 0 Å². The number of nitrogens with two attached hydrogens (primary N) is 1. The molecule has 1 aliphatic carbocycles. The number of rotatable bonds is 2. The topological polar surface area (TPSA) is 49.6 Å². The number of carbonyl (C=O) groups is 1. The third kappa shape index (κ3) is 2.59. The van der Waals surface area contributed by atoms with Gasteiger partial charge < -0.3 is 10.6 Å². The van der Waals surface area contributed by atoms with E-state index in [1.807, 2.05) is 0 Å². The average Bonchev–Trinajstić information content (AvgIpc) is 2.96. The normalized spacial score (nSPS) is 32.7. The van der Waals surface area contributed by atoms with Crippen LogP contribution in [0, 0.1) is 5.41 Å². The molecule has 5 heteroatoms. The number of piperidine rings is 1. The molecule has 3 rings (SSSR count). The Labute approximate surface area is 133 Å². The van der Waals surface area contributed by atoms with Crippen molar-refractivity contribution in [3.05, 3.63) is 0 Å². The van der Waals surface area contributed by atoms with Crippen LogP contribution < -0.4 is 5.73 Å². The van der Waals surface area contributed by atoms with E-state index >= 15 is 0 Å².